The monoisotopic (exact) mass is 474 g/mol. The third-order valence-corrected chi connectivity index (χ3v) is 6.66. The van der Waals surface area contributed by atoms with Gasteiger partial charge in [-0.05, 0) is 47.8 Å². The van der Waals surface area contributed by atoms with Gasteiger partial charge in [-0.3, -0.25) is 0 Å². The minimum absolute atomic E-state index is 0.0632. The lowest BCUT2D eigenvalue weighted by Gasteiger charge is -2.38. The molecule has 4 nitrogen and oxygen atoms in total. The molecule has 0 bridgehead atoms. The Labute approximate surface area is 180 Å². The van der Waals surface area contributed by atoms with E-state index in [1.807, 2.05) is 41.4 Å². The van der Waals surface area contributed by atoms with Gasteiger partial charge in [-0.2, -0.15) is 5.10 Å². The maximum atomic E-state index is 6.41. The van der Waals surface area contributed by atoms with Gasteiger partial charge in [-0.1, -0.05) is 33.6 Å². The summed E-state index contributed by atoms with van der Waals surface area (Å²) in [5, 5.41) is 9.78. The Kier molecular flexibility index (Phi) is 4.57. The Morgan fingerprint density at radius 1 is 1.21 bits per heavy atom. The summed E-state index contributed by atoms with van der Waals surface area (Å²) in [6.07, 6.45) is 0.424. The topological polar surface area (TPSA) is 34.1 Å². The molecular weight excluding hydrogens is 460 g/mol. The zero-order valence-electron chi connectivity index (χ0n) is 14.9. The Morgan fingerprint density at radius 2 is 2.11 bits per heavy atom. The van der Waals surface area contributed by atoms with Crippen LogP contribution in [0.3, 0.4) is 0 Å². The van der Waals surface area contributed by atoms with E-state index in [0.717, 1.165) is 39.2 Å². The van der Waals surface area contributed by atoms with Crippen molar-refractivity contribution in [2.24, 2.45) is 5.10 Å². The lowest BCUT2D eigenvalue weighted by molar-refractivity contribution is -0.0203. The van der Waals surface area contributed by atoms with Gasteiger partial charge in [-0.15, -0.1) is 11.3 Å². The summed E-state index contributed by atoms with van der Waals surface area (Å²) in [6, 6.07) is 15.9. The van der Waals surface area contributed by atoms with Crippen LogP contribution in [0.25, 0.3) is 0 Å². The SMILES string of the molecule is COc1ccc(Br)cc1[C@@H]1Oc2ccc(Cl)cc2[C@H]2CC(c3cccs3)=NN21. The van der Waals surface area contributed by atoms with Crippen LogP contribution in [-0.4, -0.2) is 17.8 Å². The first-order chi connectivity index (χ1) is 13.6. The van der Waals surface area contributed by atoms with Gasteiger partial charge in [0.25, 0.3) is 0 Å². The molecular formula is C21H16BrClN2O2S. The second-order valence-corrected chi connectivity index (χ2v) is 8.96. The van der Waals surface area contributed by atoms with E-state index in [0.29, 0.717) is 5.02 Å². The van der Waals surface area contributed by atoms with Crippen molar-refractivity contribution < 1.29 is 9.47 Å². The number of ether oxygens (including phenoxy) is 2. The smallest absolute Gasteiger partial charge is 0.217 e. The van der Waals surface area contributed by atoms with Crippen molar-refractivity contribution in [3.8, 4) is 11.5 Å². The minimum atomic E-state index is -0.386. The molecule has 2 aromatic carbocycles. The Bertz CT molecular complexity index is 1070. The first-order valence-corrected chi connectivity index (χ1v) is 10.9. The summed E-state index contributed by atoms with van der Waals surface area (Å²) >= 11 is 11.6. The summed E-state index contributed by atoms with van der Waals surface area (Å²) in [5.74, 6) is 1.60. The Balaban J connectivity index is 1.65. The molecule has 3 heterocycles. The quantitative estimate of drug-likeness (QED) is 0.438. The van der Waals surface area contributed by atoms with E-state index in [1.54, 1.807) is 18.4 Å². The molecule has 7 heteroatoms. The number of nitrogens with zero attached hydrogens (tertiary/aromatic N) is 2. The van der Waals surface area contributed by atoms with Gasteiger partial charge in [0.2, 0.25) is 6.23 Å². The molecule has 0 radical (unpaired) electrons. The molecule has 28 heavy (non-hydrogen) atoms. The number of methoxy groups -OCH3 is 1. The van der Waals surface area contributed by atoms with E-state index in [2.05, 4.69) is 33.4 Å². The van der Waals surface area contributed by atoms with Gasteiger partial charge in [-0.25, -0.2) is 5.01 Å². The fourth-order valence-electron chi connectivity index (χ4n) is 3.75. The first-order valence-electron chi connectivity index (χ1n) is 8.83. The van der Waals surface area contributed by atoms with Crippen LogP contribution in [0.1, 0.15) is 34.7 Å². The molecule has 0 saturated carbocycles. The number of fused-ring (bicyclic) bond motifs is 3. The van der Waals surface area contributed by atoms with Gasteiger partial charge >= 0.3 is 0 Å². The highest BCUT2D eigenvalue weighted by molar-refractivity contribution is 9.10. The lowest BCUT2D eigenvalue weighted by Crippen LogP contribution is -2.34. The van der Waals surface area contributed by atoms with Crippen LogP contribution >= 0.6 is 38.9 Å². The van der Waals surface area contributed by atoms with E-state index in [9.17, 15) is 0 Å². The van der Waals surface area contributed by atoms with Gasteiger partial charge in [0.15, 0.2) is 0 Å². The summed E-state index contributed by atoms with van der Waals surface area (Å²) in [6.45, 7) is 0. The molecule has 0 saturated heterocycles. The minimum Gasteiger partial charge on any atom is -0.496 e. The van der Waals surface area contributed by atoms with Crippen molar-refractivity contribution in [1.82, 2.24) is 5.01 Å². The van der Waals surface area contributed by atoms with E-state index < -0.39 is 0 Å². The largest absolute Gasteiger partial charge is 0.496 e. The molecule has 0 fully saturated rings. The second-order valence-electron chi connectivity index (χ2n) is 6.66. The maximum Gasteiger partial charge on any atom is 0.217 e. The van der Waals surface area contributed by atoms with Gasteiger partial charge < -0.3 is 9.47 Å². The number of rotatable bonds is 3. The van der Waals surface area contributed by atoms with Crippen molar-refractivity contribution in [2.75, 3.05) is 7.11 Å². The summed E-state index contributed by atoms with van der Waals surface area (Å²) in [7, 11) is 1.67. The Hall–Kier alpha value is -2.02. The normalized spacial score (nSPS) is 20.2. The van der Waals surface area contributed by atoms with Crippen molar-refractivity contribution >= 4 is 44.6 Å². The maximum absolute atomic E-state index is 6.41. The van der Waals surface area contributed by atoms with E-state index in [1.165, 1.54) is 4.88 Å². The molecule has 0 N–H and O–H groups in total. The number of hydrogen-bond donors (Lipinski definition) is 0. The van der Waals surface area contributed by atoms with Crippen LogP contribution in [-0.2, 0) is 0 Å². The number of benzene rings is 2. The number of halogens is 2. The van der Waals surface area contributed by atoms with E-state index in [-0.39, 0.29) is 12.3 Å². The highest BCUT2D eigenvalue weighted by Gasteiger charge is 2.42. The highest BCUT2D eigenvalue weighted by Crippen LogP contribution is 2.49. The van der Waals surface area contributed by atoms with Crippen LogP contribution < -0.4 is 9.47 Å². The second kappa shape index (κ2) is 7.10. The average Bonchev–Trinajstić information content (AvgIpc) is 3.37. The fourth-order valence-corrected chi connectivity index (χ4v) is 5.03. The molecule has 2 aliphatic rings. The fraction of sp³-hybridized carbons (Fsp3) is 0.190. The third-order valence-electron chi connectivity index (χ3n) is 5.02. The number of thiophene rings is 1. The van der Waals surface area contributed by atoms with Crippen molar-refractivity contribution in [3.05, 3.63) is 79.4 Å². The van der Waals surface area contributed by atoms with E-state index >= 15 is 0 Å². The highest BCUT2D eigenvalue weighted by atomic mass is 79.9. The molecule has 0 amide bonds. The van der Waals surface area contributed by atoms with Crippen molar-refractivity contribution in [2.45, 2.75) is 18.7 Å². The number of hydrazone groups is 1. The standard InChI is InChI=1S/C21H16BrClN2O2S/c1-26-18-6-4-12(22)9-15(18)21-25-17(11-16(24-25)20-3-2-8-28-20)14-10-13(23)5-7-19(14)27-21/h2-10,17,21H,11H2,1H3/t17-,21+/m1/s1. The zero-order valence-corrected chi connectivity index (χ0v) is 18.1. The third kappa shape index (κ3) is 3.00. The zero-order chi connectivity index (χ0) is 19.3. The van der Waals surface area contributed by atoms with Crippen molar-refractivity contribution in [3.63, 3.8) is 0 Å². The molecule has 5 rings (SSSR count). The van der Waals surface area contributed by atoms with Crippen LogP contribution in [0.2, 0.25) is 5.02 Å². The predicted octanol–water partition coefficient (Wildman–Crippen LogP) is 6.41. The van der Waals surface area contributed by atoms with Gasteiger partial charge in [0.1, 0.15) is 11.5 Å². The molecule has 2 aliphatic heterocycles. The van der Waals surface area contributed by atoms with Crippen LogP contribution in [0.4, 0.5) is 0 Å². The molecule has 142 valence electrons. The molecule has 2 atom stereocenters. The van der Waals surface area contributed by atoms with Crippen LogP contribution in [0.15, 0.2) is 63.5 Å². The summed E-state index contributed by atoms with van der Waals surface area (Å²) in [5.41, 5.74) is 3.06. The predicted molar refractivity (Wildman–Crippen MR) is 116 cm³/mol. The van der Waals surface area contributed by atoms with Gasteiger partial charge in [0.05, 0.1) is 29.3 Å². The molecule has 1 aromatic heterocycles. The van der Waals surface area contributed by atoms with Crippen LogP contribution in [0.5, 0.6) is 11.5 Å². The molecule has 0 aliphatic carbocycles. The van der Waals surface area contributed by atoms with Crippen LogP contribution in [0, 0.1) is 0 Å². The molecule has 3 aromatic rings. The van der Waals surface area contributed by atoms with E-state index in [4.69, 9.17) is 26.2 Å². The summed E-state index contributed by atoms with van der Waals surface area (Å²) in [4.78, 5) is 1.18. The first kappa shape index (κ1) is 18.0. The van der Waals surface area contributed by atoms with Crippen molar-refractivity contribution in [1.29, 1.82) is 0 Å². The van der Waals surface area contributed by atoms with Gasteiger partial charge in [0, 0.05) is 21.5 Å². The molecule has 0 unspecified atom stereocenters. The average molecular weight is 476 g/mol. The lowest BCUT2D eigenvalue weighted by atomic mass is 9.97. The Morgan fingerprint density at radius 3 is 2.89 bits per heavy atom. The molecule has 0 spiro atoms. The number of hydrogen-bond acceptors (Lipinski definition) is 5. The summed E-state index contributed by atoms with van der Waals surface area (Å²) < 4.78 is 13.0.